The molecule has 6 atom stereocenters. The van der Waals surface area contributed by atoms with Crippen LogP contribution in [0.2, 0.25) is 0 Å². The SMILES string of the molecule is C=CCOC(=O)[C@H](Cc1ccc2ccccc2c1)NC(=O)[C@@H]1C[C@H](n2cc(COc3ccc(C[C@@H](NC(=O)OCC4c5ccccc5-c5ccccc54)OC=O)cc3)nn2)CN1C(=O)[C@@H](NC(=O)[C@H](C)N(C)C(=O)OC(C)(C)C)C(C)(C)C. The van der Waals surface area contributed by atoms with Crippen molar-refractivity contribution in [2.45, 2.75) is 122 Å². The largest absolute Gasteiger partial charge is 0.487 e. The van der Waals surface area contributed by atoms with Gasteiger partial charge < -0.3 is 39.2 Å². The lowest BCUT2D eigenvalue weighted by Gasteiger charge is -2.37. The van der Waals surface area contributed by atoms with Gasteiger partial charge in [-0.1, -0.05) is 142 Å². The molecule has 2 heterocycles. The Bertz CT molecular complexity index is 3290. The molecule has 0 unspecified atom stereocenters. The highest BCUT2D eigenvalue weighted by Crippen LogP contribution is 2.44. The monoisotopic (exact) mass is 1130 g/mol. The first-order valence-electron chi connectivity index (χ1n) is 27.6. The summed E-state index contributed by atoms with van der Waals surface area (Å²) in [7, 11) is 1.43. The average Bonchev–Trinajstić information content (AvgIpc) is 4.41. The minimum absolute atomic E-state index is 0.0177. The Kier molecular flexibility index (Phi) is 19.0. The van der Waals surface area contributed by atoms with Crippen LogP contribution in [-0.2, 0) is 62.4 Å². The Labute approximate surface area is 482 Å². The number of rotatable bonds is 22. The Balaban J connectivity index is 0.945. The van der Waals surface area contributed by atoms with Gasteiger partial charge in [0.1, 0.15) is 61.0 Å². The van der Waals surface area contributed by atoms with E-state index in [-0.39, 0.29) is 58.0 Å². The van der Waals surface area contributed by atoms with E-state index in [1.54, 1.807) is 76.7 Å². The van der Waals surface area contributed by atoms with Crippen LogP contribution in [0.25, 0.3) is 21.9 Å². The van der Waals surface area contributed by atoms with Gasteiger partial charge in [0.25, 0.3) is 6.47 Å². The Morgan fingerprint density at radius 3 is 2.10 bits per heavy atom. The molecule has 1 saturated heterocycles. The molecule has 0 radical (unpaired) electrons. The quantitative estimate of drug-likeness (QED) is 0.0192. The van der Waals surface area contributed by atoms with Gasteiger partial charge in [-0.3, -0.25) is 29.4 Å². The molecular weight excluding hydrogens is 1060 g/mol. The summed E-state index contributed by atoms with van der Waals surface area (Å²) < 4.78 is 29.5. The second-order valence-corrected chi connectivity index (χ2v) is 22.9. The van der Waals surface area contributed by atoms with Crippen LogP contribution in [0.1, 0.15) is 94.8 Å². The van der Waals surface area contributed by atoms with Gasteiger partial charge in [-0.05, 0) is 89.4 Å². The predicted molar refractivity (Wildman–Crippen MR) is 308 cm³/mol. The topological polar surface area (TPSA) is 239 Å². The van der Waals surface area contributed by atoms with Gasteiger partial charge in [0, 0.05) is 38.8 Å². The highest BCUT2D eigenvalue weighted by Gasteiger charge is 2.47. The summed E-state index contributed by atoms with van der Waals surface area (Å²) in [5.41, 5.74) is 4.50. The zero-order chi connectivity index (χ0) is 59.6. The van der Waals surface area contributed by atoms with Gasteiger partial charge in [0.15, 0.2) is 6.23 Å². The number of carbonyl (C=O) groups is 7. The van der Waals surface area contributed by atoms with Crippen molar-refractivity contribution in [3.63, 3.8) is 0 Å². The summed E-state index contributed by atoms with van der Waals surface area (Å²) in [6, 6.07) is 31.3. The minimum Gasteiger partial charge on any atom is -0.487 e. The lowest BCUT2D eigenvalue weighted by molar-refractivity contribution is -0.148. The van der Waals surface area contributed by atoms with Crippen molar-refractivity contribution in [3.05, 3.63) is 162 Å². The number of likely N-dealkylation sites (tertiary alicyclic amines) is 1. The van der Waals surface area contributed by atoms with Gasteiger partial charge >= 0.3 is 18.2 Å². The fourth-order valence-corrected chi connectivity index (χ4v) is 10.2. The molecule has 5 amide bonds. The molecule has 1 aromatic heterocycles. The van der Waals surface area contributed by atoms with E-state index >= 15 is 4.79 Å². The summed E-state index contributed by atoms with van der Waals surface area (Å²) in [6.45, 7) is 15.8. The van der Waals surface area contributed by atoms with Crippen LogP contribution in [0.15, 0.2) is 134 Å². The van der Waals surface area contributed by atoms with Crippen molar-refractivity contribution >= 4 is 53.1 Å². The number of alkyl carbamates (subject to hydrolysis) is 1. The third kappa shape index (κ3) is 15.1. The predicted octanol–water partition coefficient (Wildman–Crippen LogP) is 7.98. The second-order valence-electron chi connectivity index (χ2n) is 22.9. The van der Waals surface area contributed by atoms with Gasteiger partial charge in [-0.25, -0.2) is 19.1 Å². The molecule has 83 heavy (non-hydrogen) atoms. The van der Waals surface area contributed by atoms with Gasteiger partial charge in [-0.2, -0.15) is 0 Å². The molecule has 2 aliphatic rings. The number of benzene rings is 5. The van der Waals surface area contributed by atoms with E-state index in [0.29, 0.717) is 11.4 Å². The first-order valence-corrected chi connectivity index (χ1v) is 27.6. The van der Waals surface area contributed by atoms with Crippen molar-refractivity contribution in [2.75, 3.05) is 26.8 Å². The molecular formula is C63H72N8O12. The van der Waals surface area contributed by atoms with Crippen LogP contribution in [0.3, 0.4) is 0 Å². The molecule has 0 saturated carbocycles. The van der Waals surface area contributed by atoms with Crippen LogP contribution in [0.5, 0.6) is 5.75 Å². The van der Waals surface area contributed by atoms with E-state index in [9.17, 15) is 28.8 Å². The number of likely N-dealkylation sites (N-methyl/N-ethyl adjacent to an activating group) is 1. The molecule has 5 aromatic carbocycles. The highest BCUT2D eigenvalue weighted by molar-refractivity contribution is 5.96. The van der Waals surface area contributed by atoms with E-state index in [1.165, 1.54) is 24.9 Å². The Hall–Kier alpha value is -9.07. The zero-order valence-corrected chi connectivity index (χ0v) is 48.0. The number of hydrogen-bond donors (Lipinski definition) is 3. The van der Waals surface area contributed by atoms with Crippen LogP contribution >= 0.6 is 0 Å². The van der Waals surface area contributed by atoms with E-state index in [0.717, 1.165) is 49.1 Å². The van der Waals surface area contributed by atoms with Crippen LogP contribution in [-0.4, -0.2) is 130 Å². The molecule has 6 aromatic rings. The maximum absolute atomic E-state index is 15.1. The van der Waals surface area contributed by atoms with E-state index in [2.05, 4.69) is 45.0 Å². The van der Waals surface area contributed by atoms with Gasteiger partial charge in [0.2, 0.25) is 17.7 Å². The number of nitrogens with zero attached hydrogens (tertiary/aromatic N) is 5. The van der Waals surface area contributed by atoms with Gasteiger partial charge in [-0.15, -0.1) is 5.10 Å². The van der Waals surface area contributed by atoms with Crippen molar-refractivity contribution < 1.29 is 57.2 Å². The van der Waals surface area contributed by atoms with Crippen molar-refractivity contribution in [1.82, 2.24) is 40.7 Å². The van der Waals surface area contributed by atoms with E-state index < -0.39 is 83.3 Å². The first-order chi connectivity index (χ1) is 39.6. The van der Waals surface area contributed by atoms with Crippen LogP contribution in [0.4, 0.5) is 9.59 Å². The summed E-state index contributed by atoms with van der Waals surface area (Å²) in [4.78, 5) is 97.6. The molecule has 436 valence electrons. The third-order valence-electron chi connectivity index (χ3n) is 14.6. The van der Waals surface area contributed by atoms with E-state index in [4.69, 9.17) is 23.7 Å². The summed E-state index contributed by atoms with van der Waals surface area (Å²) in [5, 5.41) is 19.1. The van der Waals surface area contributed by atoms with Crippen molar-refractivity contribution in [1.29, 1.82) is 0 Å². The molecule has 1 aliphatic carbocycles. The fourth-order valence-electron chi connectivity index (χ4n) is 10.2. The smallest absolute Gasteiger partial charge is 0.410 e. The zero-order valence-electron chi connectivity index (χ0n) is 48.0. The highest BCUT2D eigenvalue weighted by atomic mass is 16.6. The van der Waals surface area contributed by atoms with E-state index in [1.807, 2.05) is 78.9 Å². The maximum Gasteiger partial charge on any atom is 0.410 e. The molecule has 0 bridgehead atoms. The maximum atomic E-state index is 15.1. The second kappa shape index (κ2) is 26.2. The number of esters is 1. The lowest BCUT2D eigenvalue weighted by Crippen LogP contribution is -2.60. The third-order valence-corrected chi connectivity index (χ3v) is 14.6. The number of aromatic nitrogens is 3. The minimum atomic E-state index is -1.20. The lowest BCUT2D eigenvalue weighted by atomic mass is 9.85. The Morgan fingerprint density at radius 1 is 0.795 bits per heavy atom. The molecule has 3 N–H and O–H groups in total. The molecule has 20 nitrogen and oxygen atoms in total. The summed E-state index contributed by atoms with van der Waals surface area (Å²) in [6.07, 6.45) is 0.851. The van der Waals surface area contributed by atoms with Crippen molar-refractivity contribution in [2.24, 2.45) is 5.41 Å². The summed E-state index contributed by atoms with van der Waals surface area (Å²) in [5.74, 6) is -2.21. The number of nitrogens with one attached hydrogen (secondary N) is 3. The van der Waals surface area contributed by atoms with Gasteiger partial charge in [0.05, 0.1) is 12.2 Å². The van der Waals surface area contributed by atoms with Crippen LogP contribution < -0.4 is 20.7 Å². The number of ether oxygens (including phenoxy) is 5. The molecule has 0 spiro atoms. The Morgan fingerprint density at radius 2 is 1.45 bits per heavy atom. The number of hydrogen-bond acceptors (Lipinski definition) is 14. The fraction of sp³-hybridized carbons (Fsp3) is 0.381. The standard InChI is InChI=1S/C63H72N8O12/c1-10-29-79-59(76)52(31-41-23-26-42-17-11-12-18-43(42)30-41)64-57(74)53-33-45(35-70(53)58(75)55(62(3,4)5)66-56(73)39(2)69(9)61(78)83-63(6,7)8)71-34-44(67-68-71)36-80-46-27-24-40(25-28-46)32-54(82-38-72)65-60(77)81-37-51-49-21-15-13-19-47(49)48-20-14-16-22-50(48)51/h10-28,30,34,38-39,45,51-55H,1,29,31-33,35-37H2,2-9H3,(H,64,74)(H,65,77)(H,66,73)/t39-,45-,52-,53-,54-,55+/m0/s1. The molecule has 1 aliphatic heterocycles. The molecule has 20 heteroatoms. The van der Waals surface area contributed by atoms with Crippen LogP contribution in [0, 0.1) is 5.41 Å². The molecule has 1 fully saturated rings. The number of carbonyl (C=O) groups excluding carboxylic acids is 7. The number of amides is 5. The summed E-state index contributed by atoms with van der Waals surface area (Å²) >= 11 is 0. The number of fused-ring (bicyclic) bond motifs is 4. The normalized spacial score (nSPS) is 16.2. The van der Waals surface area contributed by atoms with Crippen molar-refractivity contribution in [3.8, 4) is 16.9 Å². The first kappa shape index (κ1) is 60.0. The average molecular weight is 1130 g/mol. The molecule has 8 rings (SSSR count).